The predicted octanol–water partition coefficient (Wildman–Crippen LogP) is 10.0. The number of benzene rings is 4. The van der Waals surface area contributed by atoms with Gasteiger partial charge in [0, 0.05) is 31.3 Å². The Labute approximate surface area is 357 Å². The van der Waals surface area contributed by atoms with Gasteiger partial charge in [-0.05, 0) is 106 Å². The Morgan fingerprint density at radius 3 is 1.62 bits per heavy atom. The fourth-order valence-corrected chi connectivity index (χ4v) is 10.3. The molecule has 6 aliphatic rings. The predicted molar refractivity (Wildman–Crippen MR) is 244 cm³/mol. The molecular weight excluding hydrogens is 755 g/mol. The second-order valence-corrected chi connectivity index (χ2v) is 16.1. The summed E-state index contributed by atoms with van der Waals surface area (Å²) < 4.78 is 10.8. The molecule has 0 amide bonds. The van der Waals surface area contributed by atoms with Gasteiger partial charge < -0.3 is 19.3 Å². The van der Waals surface area contributed by atoms with Crippen LogP contribution < -0.4 is 19.3 Å². The number of rotatable bonds is 6. The Kier molecular flexibility index (Phi) is 10.0. The molecule has 0 N–H and O–H groups in total. The molecule has 5 heterocycles. The highest BCUT2D eigenvalue weighted by molar-refractivity contribution is 5.91. The second kappa shape index (κ2) is 16.0. The lowest BCUT2D eigenvalue weighted by molar-refractivity contribution is 0.414. The normalized spacial score (nSPS) is 18.7. The van der Waals surface area contributed by atoms with E-state index in [2.05, 4.69) is 134 Å². The zero-order valence-electron chi connectivity index (χ0n) is 33.9. The summed E-state index contributed by atoms with van der Waals surface area (Å²) >= 11 is 0. The summed E-state index contributed by atoms with van der Waals surface area (Å²) in [5, 5.41) is 0. The fraction of sp³-hybridized carbons (Fsp3) is 0.250. The van der Waals surface area contributed by atoms with Crippen molar-refractivity contribution < 1.29 is 9.47 Å². The molecule has 0 radical (unpaired) electrons. The van der Waals surface area contributed by atoms with E-state index in [4.69, 9.17) is 19.4 Å². The van der Waals surface area contributed by atoms with E-state index in [-0.39, 0.29) is 19.5 Å². The zero-order chi connectivity index (χ0) is 40.2. The number of anilines is 2. The standard InChI is InChI=1S/C26H23N3O.C25H22N4O.CH4/c1-30-19-11-9-17(10-12-19)25-23-15-18-5-2-3-6-20(18)21(23)13-14-29(25)26-22-7-4-8-24(22)27-16-28-26;1-30-18-8-6-16(7-9-18)24-21-12-17-4-2-3-5-19(17)20(21)10-11-29(24)25-22-13-26-14-23(22)27-15-28-25;/h2-7,9-12,16,25H,8,13-15H2,1H3;2-9,13,15,24H,10-12,14H2,1H3;1H4. The maximum atomic E-state index is 5.41. The molecule has 4 aromatic carbocycles. The SMILES string of the molecule is C.COc1ccc(C2C3=C(CCN2c2ncnc4c2C=CC4)c2ccccc2C3)cc1.COc1ccc(C2C3=C(CCN2c2ncnc4c2C=NC4)c2ccccc2C3)cc1. The number of ether oxygens (including phenoxy) is 2. The van der Waals surface area contributed by atoms with Crippen LogP contribution in [-0.2, 0) is 25.8 Å². The van der Waals surface area contributed by atoms with E-state index in [1.807, 2.05) is 6.21 Å². The minimum absolute atomic E-state index is 0. The van der Waals surface area contributed by atoms with Crippen molar-refractivity contribution in [3.05, 3.63) is 183 Å². The summed E-state index contributed by atoms with van der Waals surface area (Å²) in [5.74, 6) is 3.80. The maximum absolute atomic E-state index is 5.41. The molecule has 0 spiro atoms. The Morgan fingerprint density at radius 1 is 0.574 bits per heavy atom. The molecule has 3 aliphatic carbocycles. The highest BCUT2D eigenvalue weighted by Crippen LogP contribution is 2.50. The molecule has 12 rings (SSSR count). The molecule has 6 aromatic rings. The lowest BCUT2D eigenvalue weighted by Gasteiger charge is -2.39. The van der Waals surface area contributed by atoms with Crippen molar-refractivity contribution in [2.45, 2.75) is 58.2 Å². The molecule has 9 nitrogen and oxygen atoms in total. The van der Waals surface area contributed by atoms with Gasteiger partial charge in [-0.15, -0.1) is 0 Å². The second-order valence-electron chi connectivity index (χ2n) is 16.1. The van der Waals surface area contributed by atoms with E-state index >= 15 is 0 Å². The highest BCUT2D eigenvalue weighted by atomic mass is 16.5. The van der Waals surface area contributed by atoms with Gasteiger partial charge in [-0.2, -0.15) is 0 Å². The van der Waals surface area contributed by atoms with Gasteiger partial charge >= 0.3 is 0 Å². The molecule has 0 fully saturated rings. The van der Waals surface area contributed by atoms with Gasteiger partial charge in [-0.25, -0.2) is 19.9 Å². The fourth-order valence-electron chi connectivity index (χ4n) is 10.3. The van der Waals surface area contributed by atoms with Gasteiger partial charge in [0.1, 0.15) is 35.8 Å². The van der Waals surface area contributed by atoms with Crippen molar-refractivity contribution in [3.8, 4) is 11.5 Å². The summed E-state index contributed by atoms with van der Waals surface area (Å²) in [6.45, 7) is 2.51. The lowest BCUT2D eigenvalue weighted by Crippen LogP contribution is -2.36. The van der Waals surface area contributed by atoms with Crippen LogP contribution >= 0.6 is 0 Å². The molecule has 2 atom stereocenters. The zero-order valence-corrected chi connectivity index (χ0v) is 33.9. The maximum Gasteiger partial charge on any atom is 0.141 e. The van der Waals surface area contributed by atoms with Crippen LogP contribution in [0, 0.1) is 0 Å². The number of aliphatic imine (C=N–C) groups is 1. The van der Waals surface area contributed by atoms with Crippen LogP contribution in [-0.4, -0.2) is 53.5 Å². The number of fused-ring (bicyclic) bond motifs is 6. The van der Waals surface area contributed by atoms with E-state index in [1.54, 1.807) is 26.9 Å². The summed E-state index contributed by atoms with van der Waals surface area (Å²) in [6.07, 6.45) is 14.7. The van der Waals surface area contributed by atoms with Crippen LogP contribution in [0.15, 0.2) is 132 Å². The summed E-state index contributed by atoms with van der Waals surface area (Å²) in [4.78, 5) is 27.8. The number of hydrogen-bond acceptors (Lipinski definition) is 9. The number of methoxy groups -OCH3 is 2. The highest BCUT2D eigenvalue weighted by Gasteiger charge is 2.39. The molecule has 0 bridgehead atoms. The van der Waals surface area contributed by atoms with Crippen molar-refractivity contribution >= 4 is 35.1 Å². The van der Waals surface area contributed by atoms with Crippen molar-refractivity contribution in [1.29, 1.82) is 0 Å². The van der Waals surface area contributed by atoms with Crippen molar-refractivity contribution in [1.82, 2.24) is 19.9 Å². The first-order chi connectivity index (χ1) is 29.7. The van der Waals surface area contributed by atoms with Crippen LogP contribution in [0.4, 0.5) is 11.6 Å². The number of nitrogens with zero attached hydrogens (tertiary/aromatic N) is 7. The molecule has 304 valence electrons. The molecular formula is C52H49N7O2. The van der Waals surface area contributed by atoms with E-state index in [9.17, 15) is 0 Å². The average Bonchev–Trinajstić information content (AvgIpc) is 4.13. The Balaban J connectivity index is 0.000000144. The monoisotopic (exact) mass is 803 g/mol. The number of aromatic nitrogens is 4. The Morgan fingerprint density at radius 2 is 1.08 bits per heavy atom. The quantitative estimate of drug-likeness (QED) is 0.165. The number of hydrogen-bond donors (Lipinski definition) is 0. The molecule has 9 heteroatoms. The van der Waals surface area contributed by atoms with Crippen LogP contribution in [0.25, 0.3) is 17.2 Å². The first-order valence-corrected chi connectivity index (χ1v) is 20.9. The van der Waals surface area contributed by atoms with E-state index in [1.165, 1.54) is 61.2 Å². The summed E-state index contributed by atoms with van der Waals surface area (Å²) in [6, 6.07) is 35.0. The van der Waals surface area contributed by atoms with Crippen molar-refractivity contribution in [3.63, 3.8) is 0 Å². The van der Waals surface area contributed by atoms with Gasteiger partial charge in [0.2, 0.25) is 0 Å². The summed E-state index contributed by atoms with van der Waals surface area (Å²) in [7, 11) is 3.42. The third kappa shape index (κ3) is 6.59. The smallest absolute Gasteiger partial charge is 0.141 e. The molecule has 0 saturated heterocycles. The molecule has 61 heavy (non-hydrogen) atoms. The Hall–Kier alpha value is -6.87. The first-order valence-electron chi connectivity index (χ1n) is 20.9. The largest absolute Gasteiger partial charge is 0.497 e. The third-order valence-electron chi connectivity index (χ3n) is 13.1. The van der Waals surface area contributed by atoms with Crippen molar-refractivity contribution in [2.75, 3.05) is 37.1 Å². The summed E-state index contributed by atoms with van der Waals surface area (Å²) in [5.41, 5.74) is 18.6. The van der Waals surface area contributed by atoms with Gasteiger partial charge in [0.15, 0.2) is 0 Å². The van der Waals surface area contributed by atoms with Gasteiger partial charge in [-0.3, -0.25) is 4.99 Å². The van der Waals surface area contributed by atoms with Gasteiger partial charge in [0.05, 0.1) is 49.8 Å². The van der Waals surface area contributed by atoms with Crippen LogP contribution in [0.2, 0.25) is 0 Å². The average molecular weight is 804 g/mol. The van der Waals surface area contributed by atoms with Crippen LogP contribution in [0.5, 0.6) is 11.5 Å². The lowest BCUT2D eigenvalue weighted by atomic mass is 9.88. The molecule has 3 aliphatic heterocycles. The molecule has 2 unspecified atom stereocenters. The number of allylic oxidation sites excluding steroid dienone is 1. The van der Waals surface area contributed by atoms with Crippen molar-refractivity contribution in [2.24, 2.45) is 4.99 Å². The minimum Gasteiger partial charge on any atom is -0.497 e. The van der Waals surface area contributed by atoms with Crippen LogP contribution in [0.1, 0.15) is 88.2 Å². The molecule has 0 saturated carbocycles. The third-order valence-corrected chi connectivity index (χ3v) is 13.1. The van der Waals surface area contributed by atoms with Gasteiger partial charge in [0.25, 0.3) is 0 Å². The van der Waals surface area contributed by atoms with E-state index in [0.29, 0.717) is 6.54 Å². The van der Waals surface area contributed by atoms with Gasteiger partial charge in [-0.1, -0.05) is 92.4 Å². The van der Waals surface area contributed by atoms with Crippen LogP contribution in [0.3, 0.4) is 0 Å². The van der Waals surface area contributed by atoms with E-state index < -0.39 is 0 Å². The first kappa shape index (κ1) is 38.3. The topological polar surface area (TPSA) is 88.9 Å². The van der Waals surface area contributed by atoms with E-state index in [0.717, 1.165) is 85.3 Å². The Bertz CT molecular complexity index is 2580. The minimum atomic E-state index is 0. The molecule has 2 aromatic heterocycles.